The van der Waals surface area contributed by atoms with Crippen LogP contribution >= 0.6 is 0 Å². The van der Waals surface area contributed by atoms with E-state index in [0.717, 1.165) is 5.56 Å². The van der Waals surface area contributed by atoms with Gasteiger partial charge in [-0.25, -0.2) is 0 Å². The molecule has 1 spiro atoms. The van der Waals surface area contributed by atoms with Crippen molar-refractivity contribution >= 4 is 17.8 Å². The molecule has 5 N–H and O–H groups in total. The number of nitrogens with one attached hydrogen (secondary N) is 1. The minimum Gasteiger partial charge on any atom is -0.480 e. The third kappa shape index (κ3) is 4.18. The lowest BCUT2D eigenvalue weighted by atomic mass is 9.70. The number of benzene rings is 1. The number of nitrogens with zero attached hydrogens (tertiary/aromatic N) is 1. The number of piperidine rings is 2. The number of carboxylic acid groups (broad SMARTS) is 1. The van der Waals surface area contributed by atoms with Gasteiger partial charge in [-0.2, -0.15) is 0 Å². The number of hydrogen-bond acceptors (Lipinski definition) is 5. The number of carboxylic acids is 1. The molecule has 152 valence electrons. The number of amides is 2. The summed E-state index contributed by atoms with van der Waals surface area (Å²) in [4.78, 5) is 37.9. The lowest BCUT2D eigenvalue weighted by Crippen LogP contribution is -2.60. The molecule has 3 rings (SSSR count). The Morgan fingerprint density at radius 1 is 1.32 bits per heavy atom. The fourth-order valence-corrected chi connectivity index (χ4v) is 4.22. The van der Waals surface area contributed by atoms with E-state index in [2.05, 4.69) is 5.32 Å². The van der Waals surface area contributed by atoms with Gasteiger partial charge >= 0.3 is 5.97 Å². The van der Waals surface area contributed by atoms with Gasteiger partial charge in [0.05, 0.1) is 17.6 Å². The zero-order valence-corrected chi connectivity index (χ0v) is 15.7. The van der Waals surface area contributed by atoms with Gasteiger partial charge in [-0.15, -0.1) is 0 Å². The van der Waals surface area contributed by atoms with Gasteiger partial charge in [0.15, 0.2) is 0 Å². The molecule has 1 aromatic carbocycles. The number of carbonyl (C=O) groups excluding carboxylic acids is 2. The average molecular weight is 389 g/mol. The molecule has 0 bridgehead atoms. The van der Waals surface area contributed by atoms with Crippen LogP contribution in [0.5, 0.6) is 0 Å². The molecule has 0 aromatic heterocycles. The maximum absolute atomic E-state index is 13.0. The van der Waals surface area contributed by atoms with Crippen molar-refractivity contribution in [3.63, 3.8) is 0 Å². The van der Waals surface area contributed by atoms with Crippen LogP contribution < -0.4 is 11.1 Å². The Morgan fingerprint density at radius 2 is 2.04 bits per heavy atom. The SMILES string of the molecule is N[C@H](CCC(=O)N1CCC[C@]2(C[C@@H](O)[C@H](c3ccccc3)NC2=O)C1)C(=O)O. The summed E-state index contributed by atoms with van der Waals surface area (Å²) in [6, 6.07) is 7.81. The summed E-state index contributed by atoms with van der Waals surface area (Å²) in [5.74, 6) is -1.49. The first kappa shape index (κ1) is 20.3. The molecule has 8 nitrogen and oxygen atoms in total. The number of aliphatic carboxylic acids is 1. The van der Waals surface area contributed by atoms with Gasteiger partial charge in [0.2, 0.25) is 11.8 Å². The Kier molecular flexibility index (Phi) is 6.00. The zero-order chi connectivity index (χ0) is 20.3. The number of hydrogen-bond donors (Lipinski definition) is 4. The van der Waals surface area contributed by atoms with Crippen LogP contribution in [-0.2, 0) is 14.4 Å². The van der Waals surface area contributed by atoms with Gasteiger partial charge in [-0.05, 0) is 31.2 Å². The number of aliphatic hydroxyl groups excluding tert-OH is 1. The molecule has 4 atom stereocenters. The molecule has 0 unspecified atom stereocenters. The highest BCUT2D eigenvalue weighted by atomic mass is 16.4. The van der Waals surface area contributed by atoms with Crippen LogP contribution in [0.1, 0.15) is 43.7 Å². The quantitative estimate of drug-likeness (QED) is 0.576. The summed E-state index contributed by atoms with van der Waals surface area (Å²) in [6.07, 6.45) is 0.901. The molecular weight excluding hydrogens is 362 g/mol. The van der Waals surface area contributed by atoms with Crippen molar-refractivity contribution in [2.45, 2.75) is 50.3 Å². The molecular formula is C20H27N3O5. The van der Waals surface area contributed by atoms with Crippen molar-refractivity contribution in [1.29, 1.82) is 0 Å². The van der Waals surface area contributed by atoms with E-state index in [1.807, 2.05) is 30.3 Å². The van der Waals surface area contributed by atoms with E-state index in [1.54, 1.807) is 4.90 Å². The summed E-state index contributed by atoms with van der Waals surface area (Å²) < 4.78 is 0. The lowest BCUT2D eigenvalue weighted by molar-refractivity contribution is -0.149. The van der Waals surface area contributed by atoms with Gasteiger partial charge < -0.3 is 26.2 Å². The fraction of sp³-hybridized carbons (Fsp3) is 0.550. The van der Waals surface area contributed by atoms with Crippen LogP contribution in [0, 0.1) is 5.41 Å². The number of rotatable bonds is 5. The molecule has 2 fully saturated rings. The van der Waals surface area contributed by atoms with Gasteiger partial charge in [0.25, 0.3) is 0 Å². The van der Waals surface area contributed by atoms with Gasteiger partial charge in [-0.3, -0.25) is 14.4 Å². The van der Waals surface area contributed by atoms with Crippen LogP contribution in [0.2, 0.25) is 0 Å². The second-order valence-electron chi connectivity index (χ2n) is 7.82. The Hall–Kier alpha value is -2.45. The predicted octanol–water partition coefficient (Wildman–Crippen LogP) is 0.409. The summed E-state index contributed by atoms with van der Waals surface area (Å²) in [6.45, 7) is 0.757. The summed E-state index contributed by atoms with van der Waals surface area (Å²) in [5, 5.41) is 22.5. The third-order valence-corrected chi connectivity index (χ3v) is 5.83. The standard InChI is InChI=1S/C20H27N3O5/c21-14(18(26)27)7-8-16(25)23-10-4-9-20(12-23)11-15(24)17(22-19(20)28)13-5-2-1-3-6-13/h1-3,5-6,14-15,17,24H,4,7-12,21H2,(H,22,28)(H,26,27)/t14-,15-,17+,20+/m1/s1. The molecule has 2 aliphatic heterocycles. The topological polar surface area (TPSA) is 133 Å². The minimum absolute atomic E-state index is 0.0281. The minimum atomic E-state index is -1.13. The van der Waals surface area contributed by atoms with Crippen molar-refractivity contribution in [2.24, 2.45) is 11.1 Å². The predicted molar refractivity (Wildman–Crippen MR) is 101 cm³/mol. The molecule has 0 saturated carbocycles. The summed E-state index contributed by atoms with van der Waals surface area (Å²) >= 11 is 0. The summed E-state index contributed by atoms with van der Waals surface area (Å²) in [5.41, 5.74) is 5.51. The molecule has 1 aromatic rings. The second kappa shape index (κ2) is 8.28. The first-order chi connectivity index (χ1) is 13.3. The Labute approximate surface area is 163 Å². The van der Waals surface area contributed by atoms with E-state index in [-0.39, 0.29) is 37.6 Å². The van der Waals surface area contributed by atoms with E-state index in [0.29, 0.717) is 19.4 Å². The lowest BCUT2D eigenvalue weighted by Gasteiger charge is -2.47. The average Bonchev–Trinajstić information content (AvgIpc) is 2.69. The molecule has 0 radical (unpaired) electrons. The van der Waals surface area contributed by atoms with Gasteiger partial charge in [0, 0.05) is 19.5 Å². The van der Waals surface area contributed by atoms with Crippen molar-refractivity contribution in [1.82, 2.24) is 10.2 Å². The van der Waals surface area contributed by atoms with Gasteiger partial charge in [-0.1, -0.05) is 30.3 Å². The second-order valence-corrected chi connectivity index (χ2v) is 7.82. The molecule has 0 aliphatic carbocycles. The maximum Gasteiger partial charge on any atom is 0.320 e. The van der Waals surface area contributed by atoms with Crippen LogP contribution in [0.4, 0.5) is 0 Å². The smallest absolute Gasteiger partial charge is 0.320 e. The summed E-state index contributed by atoms with van der Waals surface area (Å²) in [7, 11) is 0. The number of likely N-dealkylation sites (tertiary alicyclic amines) is 1. The molecule has 28 heavy (non-hydrogen) atoms. The van der Waals surface area contributed by atoms with Gasteiger partial charge in [0.1, 0.15) is 6.04 Å². The van der Waals surface area contributed by atoms with E-state index in [9.17, 15) is 19.5 Å². The largest absolute Gasteiger partial charge is 0.480 e. The number of nitrogens with two attached hydrogens (primary N) is 1. The monoisotopic (exact) mass is 389 g/mol. The first-order valence-corrected chi connectivity index (χ1v) is 9.62. The molecule has 2 aliphatic rings. The zero-order valence-electron chi connectivity index (χ0n) is 15.7. The Balaban J connectivity index is 1.66. The van der Waals surface area contributed by atoms with Crippen molar-refractivity contribution in [3.8, 4) is 0 Å². The third-order valence-electron chi connectivity index (χ3n) is 5.83. The Bertz CT molecular complexity index is 741. The van der Waals surface area contributed by atoms with Crippen LogP contribution in [0.15, 0.2) is 30.3 Å². The molecule has 8 heteroatoms. The molecule has 2 amide bonds. The Morgan fingerprint density at radius 3 is 2.71 bits per heavy atom. The molecule has 2 saturated heterocycles. The highest BCUT2D eigenvalue weighted by Crippen LogP contribution is 2.41. The normalized spacial score (nSPS) is 28.6. The van der Waals surface area contributed by atoms with Crippen LogP contribution in [-0.4, -0.2) is 58.1 Å². The van der Waals surface area contributed by atoms with E-state index < -0.39 is 29.6 Å². The number of carbonyl (C=O) groups is 3. The van der Waals surface area contributed by atoms with E-state index in [1.165, 1.54) is 0 Å². The highest BCUT2D eigenvalue weighted by molar-refractivity contribution is 5.86. The first-order valence-electron chi connectivity index (χ1n) is 9.62. The van der Waals surface area contributed by atoms with E-state index in [4.69, 9.17) is 10.8 Å². The van der Waals surface area contributed by atoms with Crippen LogP contribution in [0.25, 0.3) is 0 Å². The van der Waals surface area contributed by atoms with E-state index >= 15 is 0 Å². The maximum atomic E-state index is 13.0. The van der Waals surface area contributed by atoms with Crippen molar-refractivity contribution < 1.29 is 24.6 Å². The number of aliphatic hydroxyl groups is 1. The highest BCUT2D eigenvalue weighted by Gasteiger charge is 2.49. The molecule has 2 heterocycles. The van der Waals surface area contributed by atoms with Crippen LogP contribution in [0.3, 0.4) is 0 Å². The van der Waals surface area contributed by atoms with Crippen molar-refractivity contribution in [3.05, 3.63) is 35.9 Å². The van der Waals surface area contributed by atoms with Crippen molar-refractivity contribution in [2.75, 3.05) is 13.1 Å². The fourth-order valence-electron chi connectivity index (χ4n) is 4.22.